The van der Waals surface area contributed by atoms with Gasteiger partial charge in [-0.05, 0) is 61.4 Å². The highest BCUT2D eigenvalue weighted by Gasteiger charge is 2.09. The van der Waals surface area contributed by atoms with Crippen molar-refractivity contribution in [3.05, 3.63) is 53.6 Å². The van der Waals surface area contributed by atoms with Crippen LogP contribution in [-0.4, -0.2) is 19.2 Å². The van der Waals surface area contributed by atoms with Crippen molar-refractivity contribution in [3.8, 4) is 23.3 Å². The van der Waals surface area contributed by atoms with Crippen LogP contribution in [0.2, 0.25) is 0 Å². The topological polar surface area (TPSA) is 68.5 Å². The number of hydrogen-bond acceptors (Lipinski definition) is 5. The summed E-state index contributed by atoms with van der Waals surface area (Å²) >= 11 is 0. The first-order chi connectivity index (χ1) is 12.6. The van der Waals surface area contributed by atoms with Crippen molar-refractivity contribution in [1.82, 2.24) is 0 Å². The summed E-state index contributed by atoms with van der Waals surface area (Å²) in [6.07, 6.45) is 1.77. The Morgan fingerprint density at radius 3 is 2.27 bits per heavy atom. The number of rotatable bonds is 7. The Hall–Kier alpha value is -3.26. The van der Waals surface area contributed by atoms with E-state index in [1.807, 2.05) is 19.9 Å². The zero-order valence-electron chi connectivity index (χ0n) is 15.1. The van der Waals surface area contributed by atoms with Gasteiger partial charge in [-0.1, -0.05) is 12.1 Å². The Bertz CT molecular complexity index is 832. The lowest BCUT2D eigenvalue weighted by Gasteiger charge is -2.12. The van der Waals surface area contributed by atoms with Gasteiger partial charge in [0.25, 0.3) is 0 Å². The smallest absolute Gasteiger partial charge is 0.308 e. The van der Waals surface area contributed by atoms with Crippen molar-refractivity contribution < 1.29 is 19.0 Å². The fraction of sp³-hybridized carbons (Fsp3) is 0.238. The molecule has 0 fully saturated rings. The molecule has 0 amide bonds. The Morgan fingerprint density at radius 2 is 1.69 bits per heavy atom. The van der Waals surface area contributed by atoms with Gasteiger partial charge in [-0.25, -0.2) is 0 Å². The molecule has 134 valence electrons. The molecule has 0 aromatic heterocycles. The van der Waals surface area contributed by atoms with E-state index in [2.05, 4.69) is 6.07 Å². The molecule has 26 heavy (non-hydrogen) atoms. The van der Waals surface area contributed by atoms with Gasteiger partial charge in [-0.3, -0.25) is 4.79 Å². The maximum absolute atomic E-state index is 11.0. The Labute approximate surface area is 153 Å². The zero-order valence-corrected chi connectivity index (χ0v) is 15.1. The lowest BCUT2D eigenvalue weighted by molar-refractivity contribution is -0.131. The maximum Gasteiger partial charge on any atom is 0.308 e. The van der Waals surface area contributed by atoms with Gasteiger partial charge in [0, 0.05) is 6.92 Å². The van der Waals surface area contributed by atoms with Crippen LogP contribution in [0.5, 0.6) is 17.2 Å². The third-order valence-electron chi connectivity index (χ3n) is 3.43. The van der Waals surface area contributed by atoms with E-state index in [0.29, 0.717) is 36.0 Å². The van der Waals surface area contributed by atoms with E-state index in [-0.39, 0.29) is 5.97 Å². The van der Waals surface area contributed by atoms with E-state index >= 15 is 0 Å². The van der Waals surface area contributed by atoms with Crippen molar-refractivity contribution in [2.45, 2.75) is 20.8 Å². The fourth-order valence-corrected chi connectivity index (χ4v) is 2.36. The molecular formula is C21H21NO4. The van der Waals surface area contributed by atoms with Crippen molar-refractivity contribution >= 4 is 17.6 Å². The first-order valence-electron chi connectivity index (χ1n) is 8.37. The predicted octanol–water partition coefficient (Wildman–Crippen LogP) is 4.47. The summed E-state index contributed by atoms with van der Waals surface area (Å²) < 4.78 is 16.2. The third-order valence-corrected chi connectivity index (χ3v) is 3.43. The SMILES string of the molecule is CCOc1ccc(/C(C#N)=C/c2ccc(OC(C)=O)cc2)cc1OCC. The summed E-state index contributed by atoms with van der Waals surface area (Å²) in [6.45, 7) is 6.20. The Balaban J connectivity index is 2.32. The molecule has 0 radical (unpaired) electrons. The fourth-order valence-electron chi connectivity index (χ4n) is 2.36. The van der Waals surface area contributed by atoms with Crippen LogP contribution >= 0.6 is 0 Å². The number of allylic oxidation sites excluding steroid dienone is 1. The summed E-state index contributed by atoms with van der Waals surface area (Å²) in [5.74, 6) is 1.36. The number of nitrogens with zero attached hydrogens (tertiary/aromatic N) is 1. The second-order valence-electron chi connectivity index (χ2n) is 5.36. The van der Waals surface area contributed by atoms with Gasteiger partial charge in [0.15, 0.2) is 11.5 Å². The molecule has 0 N–H and O–H groups in total. The molecule has 0 aliphatic carbocycles. The number of carbonyl (C=O) groups is 1. The summed E-state index contributed by atoms with van der Waals surface area (Å²) in [5, 5.41) is 9.55. The van der Waals surface area contributed by atoms with Crippen LogP contribution in [0, 0.1) is 11.3 Å². The highest BCUT2D eigenvalue weighted by Crippen LogP contribution is 2.31. The molecule has 2 aromatic carbocycles. The molecule has 0 saturated carbocycles. The van der Waals surface area contributed by atoms with Crippen LogP contribution in [-0.2, 0) is 4.79 Å². The molecule has 0 bridgehead atoms. The van der Waals surface area contributed by atoms with Gasteiger partial charge in [-0.2, -0.15) is 5.26 Å². The minimum absolute atomic E-state index is 0.371. The first kappa shape index (κ1) is 19.1. The molecule has 0 spiro atoms. The van der Waals surface area contributed by atoms with Gasteiger partial charge in [0.05, 0.1) is 24.9 Å². The minimum Gasteiger partial charge on any atom is -0.490 e. The van der Waals surface area contributed by atoms with Crippen molar-refractivity contribution in [1.29, 1.82) is 5.26 Å². The lowest BCUT2D eigenvalue weighted by atomic mass is 10.0. The van der Waals surface area contributed by atoms with Gasteiger partial charge < -0.3 is 14.2 Å². The van der Waals surface area contributed by atoms with Crippen LogP contribution in [0.4, 0.5) is 0 Å². The van der Waals surface area contributed by atoms with Crippen LogP contribution < -0.4 is 14.2 Å². The zero-order chi connectivity index (χ0) is 18.9. The van der Waals surface area contributed by atoms with E-state index in [4.69, 9.17) is 14.2 Å². The third kappa shape index (κ3) is 5.12. The van der Waals surface area contributed by atoms with Crippen molar-refractivity contribution in [2.75, 3.05) is 13.2 Å². The minimum atomic E-state index is -0.371. The quantitative estimate of drug-likeness (QED) is 0.318. The van der Waals surface area contributed by atoms with E-state index in [0.717, 1.165) is 11.1 Å². The van der Waals surface area contributed by atoms with E-state index in [1.54, 1.807) is 42.5 Å². The van der Waals surface area contributed by atoms with Crippen LogP contribution in [0.25, 0.3) is 11.6 Å². The van der Waals surface area contributed by atoms with Crippen LogP contribution in [0.15, 0.2) is 42.5 Å². The first-order valence-corrected chi connectivity index (χ1v) is 8.37. The molecule has 0 aliphatic rings. The number of nitriles is 1. The van der Waals surface area contributed by atoms with Crippen LogP contribution in [0.1, 0.15) is 31.9 Å². The standard InChI is InChI=1S/C21H21NO4/c1-4-24-20-11-8-17(13-21(20)25-5-2)18(14-22)12-16-6-9-19(10-7-16)26-15(3)23/h6-13H,4-5H2,1-3H3/b18-12+. The summed E-state index contributed by atoms with van der Waals surface area (Å²) in [5.41, 5.74) is 2.06. The molecule has 0 heterocycles. The number of hydrogen-bond donors (Lipinski definition) is 0. The summed E-state index contributed by atoms with van der Waals surface area (Å²) in [7, 11) is 0. The Morgan fingerprint density at radius 1 is 1.04 bits per heavy atom. The number of benzene rings is 2. The molecule has 5 heteroatoms. The predicted molar refractivity (Wildman–Crippen MR) is 100 cm³/mol. The highest BCUT2D eigenvalue weighted by molar-refractivity contribution is 5.90. The molecule has 0 saturated heterocycles. The monoisotopic (exact) mass is 351 g/mol. The van der Waals surface area contributed by atoms with Gasteiger partial charge >= 0.3 is 5.97 Å². The molecule has 2 rings (SSSR count). The largest absolute Gasteiger partial charge is 0.490 e. The molecular weight excluding hydrogens is 330 g/mol. The number of ether oxygens (including phenoxy) is 3. The number of carbonyl (C=O) groups excluding carboxylic acids is 1. The molecule has 5 nitrogen and oxygen atoms in total. The van der Waals surface area contributed by atoms with Gasteiger partial charge in [0.1, 0.15) is 5.75 Å². The van der Waals surface area contributed by atoms with E-state index in [1.165, 1.54) is 6.92 Å². The molecule has 2 aromatic rings. The van der Waals surface area contributed by atoms with E-state index < -0.39 is 0 Å². The van der Waals surface area contributed by atoms with Gasteiger partial charge in [-0.15, -0.1) is 0 Å². The Kier molecular flexibility index (Phi) is 6.81. The summed E-state index contributed by atoms with van der Waals surface area (Å²) in [6, 6.07) is 14.6. The maximum atomic E-state index is 11.0. The van der Waals surface area contributed by atoms with Crippen molar-refractivity contribution in [3.63, 3.8) is 0 Å². The molecule has 0 aliphatic heterocycles. The molecule has 0 atom stereocenters. The molecule has 0 unspecified atom stereocenters. The van der Waals surface area contributed by atoms with Crippen LogP contribution in [0.3, 0.4) is 0 Å². The summed E-state index contributed by atoms with van der Waals surface area (Å²) in [4.78, 5) is 11.0. The second-order valence-corrected chi connectivity index (χ2v) is 5.36. The highest BCUT2D eigenvalue weighted by atomic mass is 16.5. The van der Waals surface area contributed by atoms with Gasteiger partial charge in [0.2, 0.25) is 0 Å². The second kappa shape index (κ2) is 9.28. The van der Waals surface area contributed by atoms with E-state index in [9.17, 15) is 10.1 Å². The normalized spacial score (nSPS) is 10.8. The number of esters is 1. The lowest BCUT2D eigenvalue weighted by Crippen LogP contribution is -2.00. The average Bonchev–Trinajstić information content (AvgIpc) is 2.62. The average molecular weight is 351 g/mol. The van der Waals surface area contributed by atoms with Crippen molar-refractivity contribution in [2.24, 2.45) is 0 Å².